The van der Waals surface area contributed by atoms with Crippen molar-refractivity contribution in [1.82, 2.24) is 19.3 Å². The third-order valence-corrected chi connectivity index (χ3v) is 5.15. The predicted octanol–water partition coefficient (Wildman–Crippen LogP) is 4.88. The van der Waals surface area contributed by atoms with Crippen molar-refractivity contribution in [1.29, 1.82) is 0 Å². The van der Waals surface area contributed by atoms with Gasteiger partial charge < -0.3 is 14.3 Å². The highest BCUT2D eigenvalue weighted by Crippen LogP contribution is 2.28. The summed E-state index contributed by atoms with van der Waals surface area (Å²) in [6.45, 7) is 0.720. The fourth-order valence-electron chi connectivity index (χ4n) is 3.27. The highest BCUT2D eigenvalue weighted by Gasteiger charge is 2.17. The number of ketones is 1. The Bertz CT molecular complexity index is 1150. The molecule has 0 radical (unpaired) electrons. The monoisotopic (exact) mass is 436 g/mol. The number of nitrogens with zero attached hydrogens (tertiary/aromatic N) is 3. The fraction of sp³-hybridized carbons (Fsp3) is 0.182. The number of Topliss-reactive ketones (excluding diaryl/α,β-unsaturated/α-hetero) is 1. The number of aromatic nitrogens is 3. The smallest absolute Gasteiger partial charge is 0.166 e. The molecule has 142 valence electrons. The summed E-state index contributed by atoms with van der Waals surface area (Å²) < 4.78 is 2.95. The van der Waals surface area contributed by atoms with E-state index in [9.17, 15) is 4.79 Å². The summed E-state index contributed by atoms with van der Waals surface area (Å²) in [7, 11) is 3.95. The van der Waals surface area contributed by atoms with Crippen LogP contribution < -0.4 is 0 Å². The van der Waals surface area contributed by atoms with Crippen LogP contribution in [0.4, 0.5) is 0 Å². The van der Waals surface area contributed by atoms with Gasteiger partial charge in [0.05, 0.1) is 17.0 Å². The van der Waals surface area contributed by atoms with Crippen molar-refractivity contribution < 1.29 is 4.79 Å². The molecule has 1 aromatic carbocycles. The first-order valence-electron chi connectivity index (χ1n) is 9.12. The van der Waals surface area contributed by atoms with E-state index in [1.165, 1.54) is 0 Å². The van der Waals surface area contributed by atoms with Crippen LogP contribution in [0.1, 0.15) is 28.2 Å². The van der Waals surface area contributed by atoms with E-state index in [-0.39, 0.29) is 5.78 Å². The van der Waals surface area contributed by atoms with Gasteiger partial charge in [-0.05, 0) is 50.5 Å². The zero-order valence-electron chi connectivity index (χ0n) is 15.8. The van der Waals surface area contributed by atoms with E-state index >= 15 is 0 Å². The number of carbonyl (C=O) groups excluding carboxylic acids is 1. The van der Waals surface area contributed by atoms with Crippen molar-refractivity contribution >= 4 is 50.4 Å². The molecule has 1 N–H and O–H groups in total. The van der Waals surface area contributed by atoms with Crippen LogP contribution in [0.15, 0.2) is 53.3 Å². The van der Waals surface area contributed by atoms with Gasteiger partial charge >= 0.3 is 0 Å². The third kappa shape index (κ3) is 3.79. The van der Waals surface area contributed by atoms with Crippen molar-refractivity contribution in [2.75, 3.05) is 20.6 Å². The van der Waals surface area contributed by atoms with Crippen molar-refractivity contribution in [3.63, 3.8) is 0 Å². The van der Waals surface area contributed by atoms with Gasteiger partial charge in [-0.15, -0.1) is 0 Å². The number of hydrogen-bond acceptors (Lipinski definition) is 3. The molecule has 0 spiro atoms. The molecule has 0 aliphatic carbocycles. The standard InChI is InChI=1S/C22H21BrN4O/c1-26(2)12-10-20(28)22-17-8-6-15(23)13-19(17)25-18(22)9-7-16-14-27-11-4-3-5-21(27)24-16/h3-9,11,13-14,25H,10,12H2,1-2H3/b9-7+. The van der Waals surface area contributed by atoms with Gasteiger partial charge in [0, 0.05) is 40.7 Å². The highest BCUT2D eigenvalue weighted by molar-refractivity contribution is 9.10. The van der Waals surface area contributed by atoms with E-state index in [2.05, 4.69) is 25.9 Å². The summed E-state index contributed by atoms with van der Waals surface area (Å²) >= 11 is 3.51. The van der Waals surface area contributed by atoms with E-state index in [1.807, 2.05) is 84.3 Å². The Morgan fingerprint density at radius 1 is 1.25 bits per heavy atom. The molecule has 0 bridgehead atoms. The molecule has 5 nitrogen and oxygen atoms in total. The number of carbonyl (C=O) groups is 1. The number of rotatable bonds is 6. The largest absolute Gasteiger partial charge is 0.354 e. The van der Waals surface area contributed by atoms with Crippen LogP contribution in [0.3, 0.4) is 0 Å². The molecule has 0 saturated carbocycles. The zero-order valence-corrected chi connectivity index (χ0v) is 17.4. The number of halogens is 1. The summed E-state index contributed by atoms with van der Waals surface area (Å²) in [5, 5.41) is 0.946. The molecule has 0 fully saturated rings. The normalized spacial score (nSPS) is 12.0. The van der Waals surface area contributed by atoms with Crippen LogP contribution >= 0.6 is 15.9 Å². The van der Waals surface area contributed by atoms with Gasteiger partial charge in [-0.25, -0.2) is 4.98 Å². The average Bonchev–Trinajstić information content (AvgIpc) is 3.24. The highest BCUT2D eigenvalue weighted by atomic mass is 79.9. The average molecular weight is 437 g/mol. The second-order valence-corrected chi connectivity index (χ2v) is 7.96. The minimum Gasteiger partial charge on any atom is -0.354 e. The van der Waals surface area contributed by atoms with Crippen LogP contribution in [-0.2, 0) is 0 Å². The topological polar surface area (TPSA) is 53.4 Å². The minimum atomic E-state index is 0.136. The Balaban J connectivity index is 1.74. The lowest BCUT2D eigenvalue weighted by Gasteiger charge is -2.08. The van der Waals surface area contributed by atoms with Crippen LogP contribution in [-0.4, -0.2) is 45.7 Å². The molecule has 28 heavy (non-hydrogen) atoms. The number of hydrogen-bond donors (Lipinski definition) is 1. The summed E-state index contributed by atoms with van der Waals surface area (Å²) in [5.74, 6) is 0.136. The van der Waals surface area contributed by atoms with Gasteiger partial charge in [0.1, 0.15) is 5.65 Å². The number of pyridine rings is 1. The second kappa shape index (κ2) is 7.73. The van der Waals surface area contributed by atoms with Crippen LogP contribution in [0.25, 0.3) is 28.7 Å². The fourth-order valence-corrected chi connectivity index (χ4v) is 3.63. The Morgan fingerprint density at radius 2 is 2.11 bits per heavy atom. The van der Waals surface area contributed by atoms with Gasteiger partial charge in [-0.2, -0.15) is 0 Å². The van der Waals surface area contributed by atoms with Gasteiger partial charge in [-0.1, -0.05) is 28.1 Å². The van der Waals surface area contributed by atoms with E-state index in [1.54, 1.807) is 0 Å². The van der Waals surface area contributed by atoms with E-state index < -0.39 is 0 Å². The Labute approximate surface area is 171 Å². The number of benzene rings is 1. The number of H-pyrrole nitrogens is 1. The van der Waals surface area contributed by atoms with E-state index in [0.29, 0.717) is 6.42 Å². The van der Waals surface area contributed by atoms with Gasteiger partial charge in [0.25, 0.3) is 0 Å². The third-order valence-electron chi connectivity index (χ3n) is 4.66. The predicted molar refractivity (Wildman–Crippen MR) is 118 cm³/mol. The van der Waals surface area contributed by atoms with E-state index in [4.69, 9.17) is 0 Å². The lowest BCUT2D eigenvalue weighted by molar-refractivity contribution is 0.0974. The first kappa shape index (κ1) is 18.7. The lowest BCUT2D eigenvalue weighted by Crippen LogP contribution is -2.17. The maximum atomic E-state index is 13.0. The molecule has 3 aromatic heterocycles. The second-order valence-electron chi connectivity index (χ2n) is 7.05. The first-order chi connectivity index (χ1) is 13.5. The molecule has 0 aliphatic rings. The quantitative estimate of drug-likeness (QED) is 0.438. The summed E-state index contributed by atoms with van der Waals surface area (Å²) in [6, 6.07) is 11.9. The van der Waals surface area contributed by atoms with Crippen molar-refractivity contribution in [3.05, 3.63) is 70.2 Å². The maximum Gasteiger partial charge on any atom is 0.166 e. The number of aromatic amines is 1. The number of nitrogens with one attached hydrogen (secondary N) is 1. The summed E-state index contributed by atoms with van der Waals surface area (Å²) in [5.41, 5.74) is 4.23. The minimum absolute atomic E-state index is 0.136. The summed E-state index contributed by atoms with van der Waals surface area (Å²) in [4.78, 5) is 23.0. The molecular weight excluding hydrogens is 416 g/mol. The van der Waals surface area contributed by atoms with Crippen LogP contribution in [0.2, 0.25) is 0 Å². The summed E-state index contributed by atoms with van der Waals surface area (Å²) in [6.07, 6.45) is 8.30. The van der Waals surface area contributed by atoms with Crippen LogP contribution in [0, 0.1) is 0 Å². The molecule has 3 heterocycles. The maximum absolute atomic E-state index is 13.0. The lowest BCUT2D eigenvalue weighted by atomic mass is 10.0. The molecule has 4 rings (SSSR count). The van der Waals surface area contributed by atoms with Crippen molar-refractivity contribution in [2.45, 2.75) is 6.42 Å². The van der Waals surface area contributed by atoms with Gasteiger partial charge in [0.15, 0.2) is 5.78 Å². The zero-order chi connectivity index (χ0) is 19.7. The molecule has 0 aliphatic heterocycles. The molecule has 4 aromatic rings. The Morgan fingerprint density at radius 3 is 2.89 bits per heavy atom. The Kier molecular flexibility index (Phi) is 5.15. The molecular formula is C22H21BrN4O. The van der Waals surface area contributed by atoms with Gasteiger partial charge in [-0.3, -0.25) is 4.79 Å². The van der Waals surface area contributed by atoms with Crippen LogP contribution in [0.5, 0.6) is 0 Å². The number of fused-ring (bicyclic) bond motifs is 2. The molecule has 0 unspecified atom stereocenters. The first-order valence-corrected chi connectivity index (χ1v) is 9.91. The Hall–Kier alpha value is -2.70. The van der Waals surface area contributed by atoms with Crippen molar-refractivity contribution in [3.8, 4) is 0 Å². The SMILES string of the molecule is CN(C)CCC(=O)c1c(/C=C/c2cn3ccccc3n2)[nH]c2cc(Br)ccc12. The molecule has 0 saturated heterocycles. The molecule has 0 atom stereocenters. The number of imidazole rings is 1. The molecule has 0 amide bonds. The van der Waals surface area contributed by atoms with Crippen molar-refractivity contribution in [2.24, 2.45) is 0 Å². The molecule has 6 heteroatoms. The van der Waals surface area contributed by atoms with E-state index in [0.717, 1.165) is 44.5 Å². The van der Waals surface area contributed by atoms with Gasteiger partial charge in [0.2, 0.25) is 0 Å².